The second kappa shape index (κ2) is 7.88. The van der Waals surface area contributed by atoms with Gasteiger partial charge in [-0.3, -0.25) is 9.89 Å². The molecule has 0 spiro atoms. The molecule has 9 heteroatoms. The lowest BCUT2D eigenvalue weighted by Gasteiger charge is -2.32. The second-order valence-corrected chi connectivity index (χ2v) is 8.30. The number of carbonyl (C=O) groups excluding carboxylic acids is 1. The third-order valence-corrected chi connectivity index (χ3v) is 6.08. The van der Waals surface area contributed by atoms with Crippen molar-refractivity contribution in [1.29, 1.82) is 0 Å². The van der Waals surface area contributed by atoms with Crippen LogP contribution in [0.4, 0.5) is 10.6 Å². The van der Waals surface area contributed by atoms with Crippen LogP contribution in [0.2, 0.25) is 0 Å². The van der Waals surface area contributed by atoms with E-state index >= 15 is 0 Å². The third kappa shape index (κ3) is 4.44. The Bertz CT molecular complexity index is 887. The van der Waals surface area contributed by atoms with E-state index in [9.17, 15) is 14.7 Å². The minimum Gasteiger partial charge on any atom is -0.465 e. The maximum atomic E-state index is 12.2. The van der Waals surface area contributed by atoms with Gasteiger partial charge in [-0.2, -0.15) is 5.10 Å². The molecule has 9 nitrogen and oxygen atoms in total. The molecule has 0 aromatic carbocycles. The van der Waals surface area contributed by atoms with Gasteiger partial charge in [-0.1, -0.05) is 5.16 Å². The van der Waals surface area contributed by atoms with Crippen molar-refractivity contribution in [3.63, 3.8) is 0 Å². The third-order valence-electron chi connectivity index (χ3n) is 6.08. The number of nitrogens with one attached hydrogen (secondary N) is 2. The van der Waals surface area contributed by atoms with Crippen LogP contribution in [-0.4, -0.2) is 49.4 Å². The zero-order valence-electron chi connectivity index (χ0n) is 16.7. The fourth-order valence-electron chi connectivity index (χ4n) is 4.42. The van der Waals surface area contributed by atoms with Crippen LogP contribution in [0.1, 0.15) is 62.1 Å². The number of anilines is 1. The number of carbonyl (C=O) groups is 2. The molecule has 2 aliphatic rings. The first-order valence-electron chi connectivity index (χ1n) is 10.2. The maximum Gasteiger partial charge on any atom is 0.407 e. The number of nitrogens with zero attached hydrogens (tertiary/aromatic N) is 3. The lowest BCUT2D eigenvalue weighted by atomic mass is 10.0. The van der Waals surface area contributed by atoms with E-state index in [-0.39, 0.29) is 30.3 Å². The van der Waals surface area contributed by atoms with Crippen LogP contribution in [0.15, 0.2) is 16.7 Å². The largest absolute Gasteiger partial charge is 0.465 e. The SMILES string of the molecule is Cc1cc(CC(=O)Nc2cc(C3CCC(N(C(=O)O)[C@@H](C)C4CC4)C3)[nH]n2)on1. The average molecular weight is 401 g/mol. The summed E-state index contributed by atoms with van der Waals surface area (Å²) in [5.74, 6) is 1.47. The molecule has 2 unspecified atom stereocenters. The topological polar surface area (TPSA) is 124 Å². The van der Waals surface area contributed by atoms with Crippen molar-refractivity contribution in [3.05, 3.63) is 29.3 Å². The first-order chi connectivity index (χ1) is 13.9. The Morgan fingerprint density at radius 2 is 2.14 bits per heavy atom. The quantitative estimate of drug-likeness (QED) is 0.654. The Kier molecular flexibility index (Phi) is 5.29. The van der Waals surface area contributed by atoms with Crippen molar-refractivity contribution < 1.29 is 19.2 Å². The lowest BCUT2D eigenvalue weighted by Crippen LogP contribution is -2.45. The summed E-state index contributed by atoms with van der Waals surface area (Å²) in [6, 6.07) is 3.67. The molecule has 2 aromatic heterocycles. The minimum atomic E-state index is -0.824. The fourth-order valence-corrected chi connectivity index (χ4v) is 4.42. The highest BCUT2D eigenvalue weighted by molar-refractivity contribution is 5.91. The number of carboxylic acid groups (broad SMARTS) is 1. The highest BCUT2D eigenvalue weighted by Gasteiger charge is 2.41. The van der Waals surface area contributed by atoms with Gasteiger partial charge in [0.15, 0.2) is 5.82 Å². The molecule has 156 valence electrons. The number of rotatable bonds is 7. The van der Waals surface area contributed by atoms with Crippen LogP contribution in [-0.2, 0) is 11.2 Å². The molecule has 0 aliphatic heterocycles. The van der Waals surface area contributed by atoms with Gasteiger partial charge in [0.05, 0.1) is 12.1 Å². The van der Waals surface area contributed by atoms with Crippen LogP contribution in [0.3, 0.4) is 0 Å². The van der Waals surface area contributed by atoms with Gasteiger partial charge < -0.3 is 19.8 Å². The van der Waals surface area contributed by atoms with Crippen molar-refractivity contribution in [2.45, 2.75) is 70.4 Å². The second-order valence-electron chi connectivity index (χ2n) is 8.30. The van der Waals surface area contributed by atoms with Crippen LogP contribution in [0.5, 0.6) is 0 Å². The van der Waals surface area contributed by atoms with E-state index in [1.54, 1.807) is 17.9 Å². The molecule has 2 amide bonds. The van der Waals surface area contributed by atoms with Gasteiger partial charge in [-0.25, -0.2) is 4.79 Å². The smallest absolute Gasteiger partial charge is 0.407 e. The summed E-state index contributed by atoms with van der Waals surface area (Å²) in [6.45, 7) is 3.83. The number of hydrogen-bond acceptors (Lipinski definition) is 5. The number of hydrogen-bond donors (Lipinski definition) is 3. The van der Waals surface area contributed by atoms with Gasteiger partial charge in [0, 0.05) is 35.8 Å². The predicted octanol–water partition coefficient (Wildman–Crippen LogP) is 3.30. The average Bonchev–Trinajstić information content (AvgIpc) is 3.01. The van der Waals surface area contributed by atoms with E-state index in [1.165, 1.54) is 0 Å². The van der Waals surface area contributed by atoms with Crippen molar-refractivity contribution in [2.75, 3.05) is 5.32 Å². The molecule has 3 atom stereocenters. The van der Waals surface area contributed by atoms with Crippen LogP contribution < -0.4 is 5.32 Å². The fraction of sp³-hybridized carbons (Fsp3) is 0.600. The summed E-state index contributed by atoms with van der Waals surface area (Å²) in [5.41, 5.74) is 1.67. The highest BCUT2D eigenvalue weighted by Crippen LogP contribution is 2.41. The molecule has 2 fully saturated rings. The molecule has 2 saturated carbocycles. The lowest BCUT2D eigenvalue weighted by molar-refractivity contribution is -0.115. The number of H-pyrrole nitrogens is 1. The monoisotopic (exact) mass is 401 g/mol. The number of aryl methyl sites for hydroxylation is 1. The molecular formula is C20H27N5O4. The van der Waals surface area contributed by atoms with Gasteiger partial charge in [-0.05, 0) is 51.9 Å². The molecule has 0 bridgehead atoms. The normalized spacial score (nSPS) is 22.4. The van der Waals surface area contributed by atoms with Crippen molar-refractivity contribution in [2.24, 2.45) is 5.92 Å². The van der Waals surface area contributed by atoms with Crippen molar-refractivity contribution in [3.8, 4) is 0 Å². The zero-order chi connectivity index (χ0) is 20.5. The van der Waals surface area contributed by atoms with Gasteiger partial charge in [-0.15, -0.1) is 0 Å². The Morgan fingerprint density at radius 1 is 1.34 bits per heavy atom. The first kappa shape index (κ1) is 19.5. The number of aromatic nitrogens is 3. The molecule has 2 aliphatic carbocycles. The zero-order valence-corrected chi connectivity index (χ0v) is 16.7. The Hall–Kier alpha value is -2.84. The number of aromatic amines is 1. The molecule has 2 aromatic rings. The molecule has 3 N–H and O–H groups in total. The summed E-state index contributed by atoms with van der Waals surface area (Å²) >= 11 is 0. The summed E-state index contributed by atoms with van der Waals surface area (Å²) in [7, 11) is 0. The standard InChI is InChI=1S/C20H27N5O4/c1-11-7-16(29-24-11)9-19(26)21-18-10-17(22-23-18)14-5-6-15(8-14)25(20(27)28)12(2)13-3-4-13/h7,10,12-15H,3-6,8-9H2,1-2H3,(H,27,28)(H2,21,22,23,26)/t12-,14?,15?/m0/s1. The summed E-state index contributed by atoms with van der Waals surface area (Å²) in [4.78, 5) is 25.6. The van der Waals surface area contributed by atoms with E-state index in [0.717, 1.165) is 43.5 Å². The molecule has 4 rings (SSSR count). The van der Waals surface area contributed by atoms with E-state index in [2.05, 4.69) is 20.7 Å². The van der Waals surface area contributed by atoms with Gasteiger partial charge in [0.1, 0.15) is 5.76 Å². The Labute approximate surface area is 168 Å². The van der Waals surface area contributed by atoms with Crippen molar-refractivity contribution >= 4 is 17.8 Å². The summed E-state index contributed by atoms with van der Waals surface area (Å²) in [6.07, 6.45) is 4.04. The maximum absolute atomic E-state index is 12.2. The van der Waals surface area contributed by atoms with Crippen LogP contribution in [0, 0.1) is 12.8 Å². The van der Waals surface area contributed by atoms with Gasteiger partial charge in [0.2, 0.25) is 5.91 Å². The summed E-state index contributed by atoms with van der Waals surface area (Å²) in [5, 5.41) is 23.4. The predicted molar refractivity (Wildman–Crippen MR) is 105 cm³/mol. The van der Waals surface area contributed by atoms with Gasteiger partial charge >= 0.3 is 6.09 Å². The minimum absolute atomic E-state index is 0.0316. The van der Waals surface area contributed by atoms with E-state index in [0.29, 0.717) is 17.5 Å². The molecule has 2 heterocycles. The van der Waals surface area contributed by atoms with E-state index in [1.807, 2.05) is 13.0 Å². The Balaban J connectivity index is 1.34. The summed E-state index contributed by atoms with van der Waals surface area (Å²) < 4.78 is 5.06. The molecule has 0 saturated heterocycles. The van der Waals surface area contributed by atoms with E-state index < -0.39 is 6.09 Å². The van der Waals surface area contributed by atoms with Crippen LogP contribution in [0.25, 0.3) is 0 Å². The van der Waals surface area contributed by atoms with Gasteiger partial charge in [0.25, 0.3) is 0 Å². The number of amides is 2. The molecular weight excluding hydrogens is 374 g/mol. The Morgan fingerprint density at radius 3 is 2.79 bits per heavy atom. The molecule has 0 radical (unpaired) electrons. The van der Waals surface area contributed by atoms with Crippen LogP contribution >= 0.6 is 0 Å². The highest BCUT2D eigenvalue weighted by atomic mass is 16.5. The molecule has 29 heavy (non-hydrogen) atoms. The van der Waals surface area contributed by atoms with Crippen molar-refractivity contribution in [1.82, 2.24) is 20.3 Å². The van der Waals surface area contributed by atoms with E-state index in [4.69, 9.17) is 4.52 Å². The first-order valence-corrected chi connectivity index (χ1v) is 10.2.